The lowest BCUT2D eigenvalue weighted by Gasteiger charge is -2.49. The molecule has 0 unspecified atom stereocenters. The minimum atomic E-state index is -0.267. The van der Waals surface area contributed by atoms with Crippen LogP contribution in [-0.2, 0) is 4.74 Å². The summed E-state index contributed by atoms with van der Waals surface area (Å²) >= 11 is 0. The van der Waals surface area contributed by atoms with Crippen LogP contribution in [0, 0.1) is 18.3 Å². The number of piperidine rings is 3. The van der Waals surface area contributed by atoms with Gasteiger partial charge >= 0.3 is 0 Å². The summed E-state index contributed by atoms with van der Waals surface area (Å²) in [4.78, 5) is 2.41. The highest BCUT2D eigenvalue weighted by atomic mass is 16.5. The van der Waals surface area contributed by atoms with E-state index in [-0.39, 0.29) is 14.0 Å². The fourth-order valence-corrected chi connectivity index (χ4v) is 2.47. The molecule has 3 radical (unpaired) electrons. The third kappa shape index (κ3) is 1.49. The lowest BCUT2D eigenvalue weighted by Crippen LogP contribution is -2.59. The van der Waals surface area contributed by atoms with Crippen LogP contribution in [0.1, 0.15) is 12.8 Å². The molecule has 1 atom stereocenters. The molecule has 0 amide bonds. The Morgan fingerprint density at radius 2 is 2.08 bits per heavy atom. The molecule has 0 aliphatic carbocycles. The molecule has 0 aromatic carbocycles. The van der Waals surface area contributed by atoms with Gasteiger partial charge in [-0.3, -0.25) is 4.90 Å². The molecule has 3 rings (SSSR count). The largest absolute Gasteiger partial charge is 0.364 e. The van der Waals surface area contributed by atoms with Crippen molar-refractivity contribution in [1.82, 2.24) is 4.90 Å². The van der Waals surface area contributed by atoms with Gasteiger partial charge < -0.3 is 4.74 Å². The monoisotopic (exact) mass is 176 g/mol. The van der Waals surface area contributed by atoms with Crippen LogP contribution in [0.25, 0.3) is 0 Å². The first-order valence-corrected chi connectivity index (χ1v) is 4.56. The van der Waals surface area contributed by atoms with Gasteiger partial charge in [0.25, 0.3) is 0 Å². The molecular weight excluding hydrogens is 161 g/mol. The second-order valence-corrected chi connectivity index (χ2v) is 3.79. The molecule has 0 saturated carbocycles. The molecule has 3 aliphatic rings. The number of ether oxygens (including phenoxy) is 1. The molecule has 3 heteroatoms. The van der Waals surface area contributed by atoms with E-state index < -0.39 is 0 Å². The molecule has 0 N–H and O–H groups in total. The van der Waals surface area contributed by atoms with E-state index in [9.17, 15) is 0 Å². The van der Waals surface area contributed by atoms with Gasteiger partial charge in [0.15, 0.2) is 0 Å². The van der Waals surface area contributed by atoms with E-state index in [0.717, 1.165) is 6.54 Å². The molecule has 0 aromatic heterocycles. The number of fused-ring (bicyclic) bond motifs is 3. The van der Waals surface area contributed by atoms with Gasteiger partial charge in [-0.2, -0.15) is 0 Å². The van der Waals surface area contributed by atoms with E-state index in [0.29, 0.717) is 5.92 Å². The second kappa shape index (κ2) is 3.73. The zero-order chi connectivity index (χ0) is 8.60. The molecule has 69 valence electrons. The Morgan fingerprint density at radius 1 is 1.46 bits per heavy atom. The number of terminal acetylenes is 1. The topological polar surface area (TPSA) is 12.5 Å². The normalized spacial score (nSPS) is 42.2. The Morgan fingerprint density at radius 3 is 2.31 bits per heavy atom. The molecular formula is C10H15BNO. The molecule has 13 heavy (non-hydrogen) atoms. The zero-order valence-electron chi connectivity index (χ0n) is 8.12. The molecule has 3 heterocycles. The van der Waals surface area contributed by atoms with Crippen molar-refractivity contribution in [1.29, 1.82) is 0 Å². The van der Waals surface area contributed by atoms with Crippen molar-refractivity contribution in [2.45, 2.75) is 18.4 Å². The van der Waals surface area contributed by atoms with Crippen molar-refractivity contribution in [2.24, 2.45) is 5.92 Å². The Labute approximate surface area is 82.2 Å². The van der Waals surface area contributed by atoms with Gasteiger partial charge in [-0.1, -0.05) is 5.92 Å². The quantitative estimate of drug-likeness (QED) is 0.422. The number of rotatable bonds is 1. The highest BCUT2D eigenvalue weighted by Gasteiger charge is 2.45. The Bertz CT molecular complexity index is 217. The van der Waals surface area contributed by atoms with Crippen molar-refractivity contribution >= 4 is 8.41 Å². The van der Waals surface area contributed by atoms with E-state index in [2.05, 4.69) is 10.8 Å². The Balaban J connectivity index is 0.000000845. The maximum absolute atomic E-state index is 5.53. The average Bonchev–Trinajstić information content (AvgIpc) is 2.19. The molecule has 3 saturated heterocycles. The summed E-state index contributed by atoms with van der Waals surface area (Å²) in [6.45, 7) is 3.35. The highest BCUT2D eigenvalue weighted by molar-refractivity contribution is 5.75. The van der Waals surface area contributed by atoms with Gasteiger partial charge in [0.05, 0.1) is 0 Å². The standard InChI is InChI=1S/C10H15NO.B/c1-3-10(12-2)8-11-6-4-9(10)5-7-11;/h1,9H,4-8H2,2H3;/t10-;/m1./s1. The SMILES string of the molecule is C#C[C@@]1(OC)CN2CCC1CC2.[B]. The molecule has 3 aliphatic heterocycles. The van der Waals surface area contributed by atoms with Crippen LogP contribution >= 0.6 is 0 Å². The van der Waals surface area contributed by atoms with Gasteiger partial charge in [-0.25, -0.2) is 0 Å². The molecule has 2 bridgehead atoms. The van der Waals surface area contributed by atoms with E-state index in [4.69, 9.17) is 11.2 Å². The van der Waals surface area contributed by atoms with E-state index in [1.54, 1.807) is 7.11 Å². The van der Waals surface area contributed by atoms with Crippen LogP contribution < -0.4 is 0 Å². The fraction of sp³-hybridized carbons (Fsp3) is 0.800. The zero-order valence-corrected chi connectivity index (χ0v) is 8.12. The van der Waals surface area contributed by atoms with Crippen LogP contribution in [0.4, 0.5) is 0 Å². The van der Waals surface area contributed by atoms with Gasteiger partial charge in [-0.05, 0) is 25.9 Å². The summed E-state index contributed by atoms with van der Waals surface area (Å²) in [5.41, 5.74) is -0.267. The maximum Gasteiger partial charge on any atom is 0.143 e. The second-order valence-electron chi connectivity index (χ2n) is 3.79. The molecule has 0 spiro atoms. The first kappa shape index (κ1) is 10.6. The van der Waals surface area contributed by atoms with Crippen LogP contribution in [0.2, 0.25) is 0 Å². The molecule has 0 aromatic rings. The third-order valence-corrected chi connectivity index (χ3v) is 3.31. The summed E-state index contributed by atoms with van der Waals surface area (Å²) in [5.74, 6) is 3.43. The number of nitrogens with zero attached hydrogens (tertiary/aromatic N) is 1. The summed E-state index contributed by atoms with van der Waals surface area (Å²) in [7, 11) is 1.74. The van der Waals surface area contributed by atoms with Gasteiger partial charge in [-0.15, -0.1) is 6.42 Å². The van der Waals surface area contributed by atoms with E-state index in [1.165, 1.54) is 25.9 Å². The Kier molecular flexibility index (Phi) is 3.05. The first-order chi connectivity index (χ1) is 5.80. The molecule has 2 nitrogen and oxygen atoms in total. The van der Waals surface area contributed by atoms with Crippen molar-refractivity contribution in [3.63, 3.8) is 0 Å². The summed E-state index contributed by atoms with van der Waals surface area (Å²) < 4.78 is 5.48. The maximum atomic E-state index is 5.53. The van der Waals surface area contributed by atoms with E-state index >= 15 is 0 Å². The minimum absolute atomic E-state index is 0. The highest BCUT2D eigenvalue weighted by Crippen LogP contribution is 2.37. The van der Waals surface area contributed by atoms with Crippen molar-refractivity contribution in [3.05, 3.63) is 0 Å². The summed E-state index contributed by atoms with van der Waals surface area (Å²) in [6.07, 6.45) is 7.95. The fourth-order valence-electron chi connectivity index (χ4n) is 2.47. The molecule has 3 fully saturated rings. The van der Waals surface area contributed by atoms with E-state index in [1.807, 2.05) is 0 Å². The number of hydrogen-bond donors (Lipinski definition) is 0. The van der Waals surface area contributed by atoms with Crippen molar-refractivity contribution < 1.29 is 4.74 Å². The van der Waals surface area contributed by atoms with Crippen molar-refractivity contribution in [3.8, 4) is 12.3 Å². The lowest BCUT2D eigenvalue weighted by atomic mass is 9.76. The smallest absolute Gasteiger partial charge is 0.143 e. The van der Waals surface area contributed by atoms with Gasteiger partial charge in [0.2, 0.25) is 0 Å². The Hall–Kier alpha value is -0.455. The number of methoxy groups -OCH3 is 1. The third-order valence-electron chi connectivity index (χ3n) is 3.31. The lowest BCUT2D eigenvalue weighted by molar-refractivity contribution is -0.0960. The summed E-state index contributed by atoms with van der Waals surface area (Å²) in [5, 5.41) is 0. The van der Waals surface area contributed by atoms with Crippen LogP contribution in [-0.4, -0.2) is 45.7 Å². The van der Waals surface area contributed by atoms with Crippen LogP contribution in [0.3, 0.4) is 0 Å². The van der Waals surface area contributed by atoms with Crippen LogP contribution in [0.15, 0.2) is 0 Å². The van der Waals surface area contributed by atoms with Crippen LogP contribution in [0.5, 0.6) is 0 Å². The first-order valence-electron chi connectivity index (χ1n) is 4.56. The minimum Gasteiger partial charge on any atom is -0.364 e. The predicted octanol–water partition coefficient (Wildman–Crippen LogP) is 0.350. The van der Waals surface area contributed by atoms with Gasteiger partial charge in [0.1, 0.15) is 5.60 Å². The van der Waals surface area contributed by atoms with Gasteiger partial charge in [0, 0.05) is 28.0 Å². The average molecular weight is 176 g/mol. The summed E-state index contributed by atoms with van der Waals surface area (Å²) in [6, 6.07) is 0. The predicted molar refractivity (Wildman–Crippen MR) is 53.5 cm³/mol. The van der Waals surface area contributed by atoms with Crippen molar-refractivity contribution in [2.75, 3.05) is 26.7 Å². The number of hydrogen-bond acceptors (Lipinski definition) is 2.